The first-order valence-electron chi connectivity index (χ1n) is 6.57. The van der Waals surface area contributed by atoms with Gasteiger partial charge in [-0.2, -0.15) is 0 Å². The van der Waals surface area contributed by atoms with Crippen LogP contribution < -0.4 is 0 Å². The van der Waals surface area contributed by atoms with Crippen molar-refractivity contribution in [1.82, 2.24) is 4.90 Å². The highest BCUT2D eigenvalue weighted by Crippen LogP contribution is 2.27. The summed E-state index contributed by atoms with van der Waals surface area (Å²) in [7, 11) is 0. The van der Waals surface area contributed by atoms with Crippen molar-refractivity contribution in [3.63, 3.8) is 0 Å². The molecule has 2 heteroatoms. The standard InChI is InChI=1S/C15H22ClN/c1-12-5-3-6-13(2)15(12)11-17(10-9-16)14-7-4-8-14/h3,5-6,14H,4,7-11H2,1-2H3. The molecule has 17 heavy (non-hydrogen) atoms. The maximum Gasteiger partial charge on any atom is 0.0351 e. The second-order valence-electron chi connectivity index (χ2n) is 5.11. The van der Waals surface area contributed by atoms with Crippen molar-refractivity contribution >= 4 is 11.6 Å². The predicted octanol–water partition coefficient (Wildman–Crippen LogP) is 3.90. The Hall–Kier alpha value is -0.530. The lowest BCUT2D eigenvalue weighted by atomic mass is 9.90. The van der Waals surface area contributed by atoms with Crippen LogP contribution in [0.5, 0.6) is 0 Å². The minimum Gasteiger partial charge on any atom is -0.295 e. The Bertz CT molecular complexity index is 351. The third-order valence-electron chi connectivity index (χ3n) is 3.97. The summed E-state index contributed by atoms with van der Waals surface area (Å²) in [6.45, 7) is 6.50. The highest BCUT2D eigenvalue weighted by Gasteiger charge is 2.25. The van der Waals surface area contributed by atoms with E-state index in [9.17, 15) is 0 Å². The molecule has 0 aromatic heterocycles. The van der Waals surface area contributed by atoms with Crippen molar-refractivity contribution in [3.8, 4) is 0 Å². The van der Waals surface area contributed by atoms with E-state index in [1.807, 2.05) is 0 Å². The van der Waals surface area contributed by atoms with Crippen LogP contribution in [0.2, 0.25) is 0 Å². The van der Waals surface area contributed by atoms with E-state index in [1.54, 1.807) is 0 Å². The normalized spacial score (nSPS) is 16.2. The van der Waals surface area contributed by atoms with E-state index in [-0.39, 0.29) is 0 Å². The van der Waals surface area contributed by atoms with E-state index in [4.69, 9.17) is 11.6 Å². The number of alkyl halides is 1. The van der Waals surface area contributed by atoms with Crippen LogP contribution in [-0.4, -0.2) is 23.4 Å². The predicted molar refractivity (Wildman–Crippen MR) is 74.7 cm³/mol. The van der Waals surface area contributed by atoms with Crippen LogP contribution in [0.4, 0.5) is 0 Å². The molecule has 0 atom stereocenters. The van der Waals surface area contributed by atoms with Crippen molar-refractivity contribution in [1.29, 1.82) is 0 Å². The molecule has 1 nitrogen and oxygen atoms in total. The molecular formula is C15H22ClN. The van der Waals surface area contributed by atoms with E-state index in [0.717, 1.165) is 25.0 Å². The van der Waals surface area contributed by atoms with Gasteiger partial charge in [0, 0.05) is 25.0 Å². The van der Waals surface area contributed by atoms with Gasteiger partial charge in [0.05, 0.1) is 0 Å². The van der Waals surface area contributed by atoms with Gasteiger partial charge in [-0.15, -0.1) is 11.6 Å². The Morgan fingerprint density at radius 1 is 1.24 bits per heavy atom. The Kier molecular flexibility index (Phi) is 4.47. The molecule has 1 aromatic rings. The third-order valence-corrected chi connectivity index (χ3v) is 4.14. The van der Waals surface area contributed by atoms with Crippen LogP contribution in [0.3, 0.4) is 0 Å². The fraction of sp³-hybridized carbons (Fsp3) is 0.600. The Morgan fingerprint density at radius 3 is 2.35 bits per heavy atom. The summed E-state index contributed by atoms with van der Waals surface area (Å²) in [6, 6.07) is 7.33. The molecule has 0 aliphatic heterocycles. The molecule has 0 bridgehead atoms. The topological polar surface area (TPSA) is 3.24 Å². The summed E-state index contributed by atoms with van der Waals surface area (Å²) in [6.07, 6.45) is 4.08. The first-order valence-corrected chi connectivity index (χ1v) is 7.11. The van der Waals surface area contributed by atoms with Crippen LogP contribution in [0.15, 0.2) is 18.2 Å². The highest BCUT2D eigenvalue weighted by molar-refractivity contribution is 6.18. The van der Waals surface area contributed by atoms with Gasteiger partial charge < -0.3 is 0 Å². The molecule has 1 aliphatic rings. The smallest absolute Gasteiger partial charge is 0.0351 e. The van der Waals surface area contributed by atoms with Gasteiger partial charge in [-0.1, -0.05) is 24.6 Å². The summed E-state index contributed by atoms with van der Waals surface area (Å²) >= 11 is 5.93. The number of nitrogens with zero attached hydrogens (tertiary/aromatic N) is 1. The lowest BCUT2D eigenvalue weighted by Gasteiger charge is -2.37. The number of benzene rings is 1. The first kappa shape index (κ1) is 12.9. The maximum atomic E-state index is 5.93. The van der Waals surface area contributed by atoms with Crippen molar-refractivity contribution in [2.24, 2.45) is 0 Å². The molecular weight excluding hydrogens is 230 g/mol. The second-order valence-corrected chi connectivity index (χ2v) is 5.49. The lowest BCUT2D eigenvalue weighted by molar-refractivity contribution is 0.127. The molecule has 0 unspecified atom stereocenters. The van der Waals surface area contributed by atoms with E-state index >= 15 is 0 Å². The van der Waals surface area contributed by atoms with Crippen molar-refractivity contribution < 1.29 is 0 Å². The lowest BCUT2D eigenvalue weighted by Crippen LogP contribution is -2.41. The molecule has 0 N–H and O–H groups in total. The number of hydrogen-bond acceptors (Lipinski definition) is 1. The van der Waals surface area contributed by atoms with Gasteiger partial charge in [0.1, 0.15) is 0 Å². The minimum atomic E-state index is 0.738. The molecule has 1 saturated carbocycles. The summed E-state index contributed by atoms with van der Waals surface area (Å²) < 4.78 is 0. The number of rotatable bonds is 5. The number of aryl methyl sites for hydroxylation is 2. The van der Waals surface area contributed by atoms with Crippen LogP contribution >= 0.6 is 11.6 Å². The molecule has 0 amide bonds. The highest BCUT2D eigenvalue weighted by atomic mass is 35.5. The number of halogens is 1. The average molecular weight is 252 g/mol. The molecule has 0 saturated heterocycles. The van der Waals surface area contributed by atoms with Crippen LogP contribution in [0.25, 0.3) is 0 Å². The van der Waals surface area contributed by atoms with Gasteiger partial charge in [-0.25, -0.2) is 0 Å². The molecule has 1 aromatic carbocycles. The molecule has 2 rings (SSSR count). The van der Waals surface area contributed by atoms with Gasteiger partial charge in [0.2, 0.25) is 0 Å². The van der Waals surface area contributed by atoms with Crippen LogP contribution in [-0.2, 0) is 6.54 Å². The minimum absolute atomic E-state index is 0.738. The summed E-state index contributed by atoms with van der Waals surface area (Å²) in [5.41, 5.74) is 4.30. The van der Waals surface area contributed by atoms with Crippen LogP contribution in [0, 0.1) is 13.8 Å². The van der Waals surface area contributed by atoms with Crippen molar-refractivity contribution in [3.05, 3.63) is 34.9 Å². The van der Waals surface area contributed by atoms with Crippen LogP contribution in [0.1, 0.15) is 36.0 Å². The average Bonchev–Trinajstić information content (AvgIpc) is 2.21. The van der Waals surface area contributed by atoms with Crippen molar-refractivity contribution in [2.75, 3.05) is 12.4 Å². The maximum absolute atomic E-state index is 5.93. The zero-order valence-corrected chi connectivity index (χ0v) is 11.6. The van der Waals surface area contributed by atoms with E-state index in [2.05, 4.69) is 36.9 Å². The monoisotopic (exact) mass is 251 g/mol. The van der Waals surface area contributed by atoms with E-state index in [1.165, 1.54) is 36.0 Å². The molecule has 94 valence electrons. The molecule has 0 heterocycles. The SMILES string of the molecule is Cc1cccc(C)c1CN(CCCl)C1CCC1. The molecule has 0 radical (unpaired) electrons. The zero-order valence-electron chi connectivity index (χ0n) is 10.9. The fourth-order valence-corrected chi connectivity index (χ4v) is 2.77. The zero-order chi connectivity index (χ0) is 12.3. The van der Waals surface area contributed by atoms with Gasteiger partial charge in [-0.3, -0.25) is 4.90 Å². The quantitative estimate of drug-likeness (QED) is 0.718. The van der Waals surface area contributed by atoms with Crippen molar-refractivity contribution in [2.45, 2.75) is 45.7 Å². The first-order chi connectivity index (χ1) is 8.22. The van der Waals surface area contributed by atoms with Gasteiger partial charge in [-0.05, 0) is 43.4 Å². The Labute approximate surface area is 110 Å². The molecule has 1 fully saturated rings. The summed E-state index contributed by atoms with van der Waals surface area (Å²) in [5, 5.41) is 0. The second kappa shape index (κ2) is 5.88. The largest absolute Gasteiger partial charge is 0.295 e. The molecule has 0 spiro atoms. The summed E-state index contributed by atoms with van der Waals surface area (Å²) in [4.78, 5) is 2.56. The fourth-order valence-electron chi connectivity index (χ4n) is 2.55. The Balaban J connectivity index is 2.10. The molecule has 1 aliphatic carbocycles. The van der Waals surface area contributed by atoms with E-state index in [0.29, 0.717) is 0 Å². The van der Waals surface area contributed by atoms with Gasteiger partial charge in [0.25, 0.3) is 0 Å². The van der Waals surface area contributed by atoms with E-state index < -0.39 is 0 Å². The summed E-state index contributed by atoms with van der Waals surface area (Å²) in [5.74, 6) is 0.738. The van der Waals surface area contributed by atoms with Gasteiger partial charge >= 0.3 is 0 Å². The van der Waals surface area contributed by atoms with Gasteiger partial charge in [0.15, 0.2) is 0 Å². The Morgan fingerprint density at radius 2 is 1.88 bits per heavy atom. The number of hydrogen-bond donors (Lipinski definition) is 0. The third kappa shape index (κ3) is 3.02.